The molecule has 1 aromatic carbocycles. The molecule has 0 bridgehead atoms. The molecule has 0 saturated carbocycles. The number of amides is 1. The lowest BCUT2D eigenvalue weighted by atomic mass is 10.0. The maximum atomic E-state index is 12.5. The van der Waals surface area contributed by atoms with E-state index in [1.54, 1.807) is 11.0 Å². The minimum atomic E-state index is -0.0157. The molecule has 0 fully saturated rings. The second-order valence-corrected chi connectivity index (χ2v) is 5.85. The highest BCUT2D eigenvalue weighted by Crippen LogP contribution is 2.29. The highest BCUT2D eigenvalue weighted by atomic mass is 32.1. The van der Waals surface area contributed by atoms with E-state index in [4.69, 9.17) is 0 Å². The molecule has 1 aliphatic heterocycles. The Kier molecular flexibility index (Phi) is 2.95. The highest BCUT2D eigenvalue weighted by Gasteiger charge is 2.27. The number of anilines is 1. The minimum absolute atomic E-state index is 0.0157. The van der Waals surface area contributed by atoms with Crippen molar-refractivity contribution in [1.29, 1.82) is 0 Å². The quantitative estimate of drug-likeness (QED) is 0.798. The number of nitrogens with zero attached hydrogens (tertiary/aromatic N) is 1. The molecule has 0 N–H and O–H groups in total. The molecular weight excluding hydrogens is 258 g/mol. The van der Waals surface area contributed by atoms with Gasteiger partial charge in [-0.25, -0.2) is 0 Å². The van der Waals surface area contributed by atoms with Crippen LogP contribution in [-0.4, -0.2) is 18.2 Å². The smallest absolute Gasteiger partial charge is 0.268 e. The third-order valence-electron chi connectivity index (χ3n) is 3.25. The third-order valence-corrected chi connectivity index (χ3v) is 4.24. The van der Waals surface area contributed by atoms with Crippen LogP contribution >= 0.6 is 11.3 Å². The van der Waals surface area contributed by atoms with Gasteiger partial charge >= 0.3 is 0 Å². The molecular formula is C15H13NO2S. The summed E-state index contributed by atoms with van der Waals surface area (Å²) >= 11 is 1.49. The first-order chi connectivity index (χ1) is 9.16. The maximum Gasteiger partial charge on any atom is 0.268 e. The van der Waals surface area contributed by atoms with E-state index in [1.807, 2.05) is 37.3 Å². The van der Waals surface area contributed by atoms with E-state index in [0.717, 1.165) is 15.4 Å². The summed E-state index contributed by atoms with van der Waals surface area (Å²) in [7, 11) is 0. The minimum Gasteiger partial charge on any atom is -0.306 e. The molecule has 0 atom stereocenters. The molecule has 0 spiro atoms. The van der Waals surface area contributed by atoms with Crippen molar-refractivity contribution in [1.82, 2.24) is 0 Å². The SMILES string of the molecule is Cc1ccc(C(=O)N2CCC(=O)c3ccccc32)s1. The van der Waals surface area contributed by atoms with Gasteiger partial charge in [-0.3, -0.25) is 9.59 Å². The van der Waals surface area contributed by atoms with Crippen LogP contribution in [0.25, 0.3) is 0 Å². The fraction of sp³-hybridized carbons (Fsp3) is 0.200. The summed E-state index contributed by atoms with van der Waals surface area (Å²) < 4.78 is 0. The Morgan fingerprint density at radius 1 is 1.21 bits per heavy atom. The maximum absolute atomic E-state index is 12.5. The Labute approximate surface area is 115 Å². The molecule has 0 saturated heterocycles. The molecule has 2 aromatic rings. The fourth-order valence-electron chi connectivity index (χ4n) is 2.31. The van der Waals surface area contributed by atoms with Crippen molar-refractivity contribution >= 4 is 28.7 Å². The Morgan fingerprint density at radius 2 is 2.00 bits per heavy atom. The molecule has 96 valence electrons. The number of benzene rings is 1. The summed E-state index contributed by atoms with van der Waals surface area (Å²) in [6.45, 7) is 2.45. The number of fused-ring (bicyclic) bond motifs is 1. The van der Waals surface area contributed by atoms with E-state index in [0.29, 0.717) is 18.5 Å². The predicted molar refractivity (Wildman–Crippen MR) is 76.1 cm³/mol. The largest absolute Gasteiger partial charge is 0.306 e. The monoisotopic (exact) mass is 271 g/mol. The molecule has 4 heteroatoms. The molecule has 0 unspecified atom stereocenters. The van der Waals surface area contributed by atoms with E-state index in [1.165, 1.54) is 11.3 Å². The van der Waals surface area contributed by atoms with Gasteiger partial charge in [0.15, 0.2) is 5.78 Å². The zero-order chi connectivity index (χ0) is 13.4. The van der Waals surface area contributed by atoms with Gasteiger partial charge < -0.3 is 4.90 Å². The summed E-state index contributed by atoms with van der Waals surface area (Å²) in [5.74, 6) is 0.0973. The van der Waals surface area contributed by atoms with Gasteiger partial charge in [0.05, 0.1) is 10.6 Å². The summed E-state index contributed by atoms with van der Waals surface area (Å²) in [6.07, 6.45) is 0.396. The zero-order valence-electron chi connectivity index (χ0n) is 10.6. The summed E-state index contributed by atoms with van der Waals surface area (Å²) in [5, 5.41) is 0. The average molecular weight is 271 g/mol. The van der Waals surface area contributed by atoms with Crippen molar-refractivity contribution in [3.05, 3.63) is 51.7 Å². The number of para-hydroxylation sites is 1. The molecule has 0 radical (unpaired) electrons. The summed E-state index contributed by atoms with van der Waals surface area (Å²) in [6, 6.07) is 11.1. The second kappa shape index (κ2) is 4.63. The molecule has 1 amide bonds. The van der Waals surface area contributed by atoms with Gasteiger partial charge in [-0.05, 0) is 31.2 Å². The Hall–Kier alpha value is -1.94. The molecule has 3 nitrogen and oxygen atoms in total. The Morgan fingerprint density at radius 3 is 2.74 bits per heavy atom. The first-order valence-corrected chi connectivity index (χ1v) is 6.99. The number of aryl methyl sites for hydroxylation is 1. The van der Waals surface area contributed by atoms with Crippen LogP contribution in [0, 0.1) is 6.92 Å². The molecule has 0 aliphatic carbocycles. The van der Waals surface area contributed by atoms with Crippen LogP contribution < -0.4 is 4.90 Å². The van der Waals surface area contributed by atoms with Crippen LogP contribution in [0.1, 0.15) is 31.3 Å². The van der Waals surface area contributed by atoms with Gasteiger partial charge in [0.2, 0.25) is 0 Å². The summed E-state index contributed by atoms with van der Waals surface area (Å²) in [5.41, 5.74) is 1.38. The second-order valence-electron chi connectivity index (χ2n) is 4.56. The molecule has 19 heavy (non-hydrogen) atoms. The van der Waals surface area contributed by atoms with Crippen molar-refractivity contribution in [2.75, 3.05) is 11.4 Å². The van der Waals surface area contributed by atoms with Gasteiger partial charge in [0.1, 0.15) is 0 Å². The van der Waals surface area contributed by atoms with Gasteiger partial charge in [-0.1, -0.05) is 12.1 Å². The summed E-state index contributed by atoms with van der Waals surface area (Å²) in [4.78, 5) is 27.9. The fourth-order valence-corrected chi connectivity index (χ4v) is 3.12. The number of Topliss-reactive ketones (excluding diaryl/α,β-unsaturated/α-hetero) is 1. The van der Waals surface area contributed by atoms with Crippen molar-refractivity contribution in [3.8, 4) is 0 Å². The van der Waals surface area contributed by atoms with Crippen LogP contribution in [0.3, 0.4) is 0 Å². The normalized spacial score (nSPS) is 14.4. The topological polar surface area (TPSA) is 37.4 Å². The van der Waals surface area contributed by atoms with Crippen LogP contribution in [0.15, 0.2) is 36.4 Å². The van der Waals surface area contributed by atoms with E-state index in [2.05, 4.69) is 0 Å². The Balaban J connectivity index is 2.01. The number of thiophene rings is 1. The van der Waals surface area contributed by atoms with Crippen LogP contribution in [-0.2, 0) is 0 Å². The number of carbonyl (C=O) groups is 2. The van der Waals surface area contributed by atoms with Crippen molar-refractivity contribution in [3.63, 3.8) is 0 Å². The van der Waals surface area contributed by atoms with Gasteiger partial charge in [-0.15, -0.1) is 11.3 Å². The molecule has 2 heterocycles. The van der Waals surface area contributed by atoms with Crippen LogP contribution in [0.5, 0.6) is 0 Å². The number of hydrogen-bond acceptors (Lipinski definition) is 3. The van der Waals surface area contributed by atoms with Gasteiger partial charge in [-0.2, -0.15) is 0 Å². The van der Waals surface area contributed by atoms with Gasteiger partial charge in [0.25, 0.3) is 5.91 Å². The van der Waals surface area contributed by atoms with Crippen molar-refractivity contribution in [2.45, 2.75) is 13.3 Å². The van der Waals surface area contributed by atoms with Gasteiger partial charge in [0, 0.05) is 23.4 Å². The Bertz CT molecular complexity index is 660. The average Bonchev–Trinajstić information content (AvgIpc) is 2.86. The van der Waals surface area contributed by atoms with Crippen LogP contribution in [0.2, 0.25) is 0 Å². The third kappa shape index (κ3) is 2.08. The van der Waals surface area contributed by atoms with Crippen molar-refractivity contribution in [2.24, 2.45) is 0 Å². The number of rotatable bonds is 1. The van der Waals surface area contributed by atoms with Crippen molar-refractivity contribution < 1.29 is 9.59 Å². The highest BCUT2D eigenvalue weighted by molar-refractivity contribution is 7.14. The molecule has 1 aromatic heterocycles. The molecule has 1 aliphatic rings. The first kappa shape index (κ1) is 12.1. The van der Waals surface area contributed by atoms with E-state index >= 15 is 0 Å². The lowest BCUT2D eigenvalue weighted by Crippen LogP contribution is -2.37. The van der Waals surface area contributed by atoms with E-state index in [-0.39, 0.29) is 11.7 Å². The van der Waals surface area contributed by atoms with E-state index in [9.17, 15) is 9.59 Å². The van der Waals surface area contributed by atoms with E-state index < -0.39 is 0 Å². The first-order valence-electron chi connectivity index (χ1n) is 6.17. The number of carbonyl (C=O) groups excluding carboxylic acids is 2. The molecule has 3 rings (SSSR count). The lowest BCUT2D eigenvalue weighted by Gasteiger charge is -2.28. The number of hydrogen-bond donors (Lipinski definition) is 0. The zero-order valence-corrected chi connectivity index (χ0v) is 11.4. The van der Waals surface area contributed by atoms with Crippen LogP contribution in [0.4, 0.5) is 5.69 Å². The predicted octanol–water partition coefficient (Wildman–Crippen LogP) is 3.29. The lowest BCUT2D eigenvalue weighted by molar-refractivity contribution is 0.0957. The standard InChI is InChI=1S/C15H13NO2S/c1-10-6-7-14(19-10)15(18)16-9-8-13(17)11-4-2-3-5-12(11)16/h2-7H,8-9H2,1H3. The number of ketones is 1.